The summed E-state index contributed by atoms with van der Waals surface area (Å²) in [6.07, 6.45) is 0. The first-order chi connectivity index (χ1) is 15.0. The molecule has 0 N–H and O–H groups in total. The van der Waals surface area contributed by atoms with Crippen LogP contribution in [0.2, 0.25) is 0 Å². The normalized spacial score (nSPS) is 10.9. The highest BCUT2D eigenvalue weighted by Crippen LogP contribution is 2.28. The number of carbonyl (C=O) groups is 1. The average molecular weight is 499 g/mol. The van der Waals surface area contributed by atoms with Crippen LogP contribution in [0.3, 0.4) is 0 Å². The number of nitro groups is 1. The van der Waals surface area contributed by atoms with E-state index in [0.29, 0.717) is 28.0 Å². The lowest BCUT2D eigenvalue weighted by Crippen LogP contribution is -2.07. The molecule has 0 radical (unpaired) electrons. The predicted octanol–water partition coefficient (Wildman–Crippen LogP) is 5.23. The van der Waals surface area contributed by atoms with Crippen LogP contribution in [0.5, 0.6) is 0 Å². The zero-order valence-corrected chi connectivity index (χ0v) is 18.4. The van der Waals surface area contributed by atoms with Crippen molar-refractivity contribution in [2.45, 2.75) is 11.7 Å². The molecule has 8 nitrogen and oxygen atoms in total. The number of hydrogen-bond donors (Lipinski definition) is 0. The second-order valence-corrected chi connectivity index (χ2v) is 8.23. The maximum absolute atomic E-state index is 12.6. The van der Waals surface area contributed by atoms with Gasteiger partial charge in [0.25, 0.3) is 5.69 Å². The molecule has 10 heteroatoms. The number of halogens is 1. The third kappa shape index (κ3) is 4.92. The van der Waals surface area contributed by atoms with Crippen LogP contribution in [0, 0.1) is 10.1 Å². The Kier molecular flexibility index (Phi) is 6.28. The van der Waals surface area contributed by atoms with Crippen LogP contribution >= 0.6 is 27.7 Å². The number of nitrogens with zero attached hydrogens (tertiary/aromatic N) is 4. The molecule has 0 saturated carbocycles. The molecule has 0 atom stereocenters. The summed E-state index contributed by atoms with van der Waals surface area (Å²) in [6, 6.07) is 19.1. The van der Waals surface area contributed by atoms with Crippen molar-refractivity contribution in [3.63, 3.8) is 0 Å². The highest BCUT2D eigenvalue weighted by Gasteiger charge is 2.19. The Hall–Kier alpha value is -3.24. The van der Waals surface area contributed by atoms with Crippen LogP contribution in [0.15, 0.2) is 81.0 Å². The molecular weight excluding hydrogens is 484 g/mol. The van der Waals surface area contributed by atoms with Gasteiger partial charge in [-0.15, -0.1) is 10.2 Å². The van der Waals surface area contributed by atoms with Crippen molar-refractivity contribution >= 4 is 39.2 Å². The van der Waals surface area contributed by atoms with Gasteiger partial charge in [-0.25, -0.2) is 0 Å². The molecule has 2 aromatic heterocycles. The van der Waals surface area contributed by atoms with Crippen molar-refractivity contribution in [3.05, 3.63) is 92.6 Å². The van der Waals surface area contributed by atoms with E-state index in [2.05, 4.69) is 26.1 Å². The zero-order chi connectivity index (χ0) is 21.8. The summed E-state index contributed by atoms with van der Waals surface area (Å²) >= 11 is 4.52. The summed E-state index contributed by atoms with van der Waals surface area (Å²) in [6.45, 7) is 0.495. The fourth-order valence-corrected chi connectivity index (χ4v) is 4.07. The molecule has 0 spiro atoms. The molecule has 0 aliphatic rings. The van der Waals surface area contributed by atoms with Gasteiger partial charge >= 0.3 is 0 Å². The third-order valence-electron chi connectivity index (χ3n) is 4.41. The number of carbonyl (C=O) groups excluding carboxylic acids is 1. The van der Waals surface area contributed by atoms with Crippen LogP contribution in [0.25, 0.3) is 11.6 Å². The van der Waals surface area contributed by atoms with Gasteiger partial charge in [0.2, 0.25) is 5.82 Å². The van der Waals surface area contributed by atoms with Crippen molar-refractivity contribution in [1.29, 1.82) is 0 Å². The van der Waals surface area contributed by atoms with E-state index in [-0.39, 0.29) is 22.8 Å². The smallest absolute Gasteiger partial charge is 0.270 e. The number of nitro benzene ring substituents is 1. The van der Waals surface area contributed by atoms with Gasteiger partial charge < -0.3 is 4.42 Å². The minimum atomic E-state index is -0.520. The minimum Gasteiger partial charge on any atom is -0.446 e. The second-order valence-electron chi connectivity index (χ2n) is 6.50. The fourth-order valence-electron chi connectivity index (χ4n) is 2.93. The van der Waals surface area contributed by atoms with E-state index in [1.54, 1.807) is 18.2 Å². The Bertz CT molecular complexity index is 1240. The van der Waals surface area contributed by atoms with E-state index in [1.165, 1.54) is 30.0 Å². The van der Waals surface area contributed by atoms with E-state index >= 15 is 0 Å². The first-order valence-corrected chi connectivity index (χ1v) is 10.9. The number of aromatic nitrogens is 3. The summed E-state index contributed by atoms with van der Waals surface area (Å²) < 4.78 is 8.10. The average Bonchev–Trinajstić information content (AvgIpc) is 3.38. The molecule has 2 aromatic carbocycles. The molecule has 156 valence electrons. The topological polar surface area (TPSA) is 104 Å². The van der Waals surface area contributed by atoms with Crippen LogP contribution in [-0.4, -0.2) is 31.2 Å². The van der Waals surface area contributed by atoms with Gasteiger partial charge in [0, 0.05) is 17.7 Å². The van der Waals surface area contributed by atoms with E-state index < -0.39 is 4.92 Å². The number of non-ortho nitro benzene ring substituents is 1. The molecule has 0 amide bonds. The quantitative estimate of drug-likeness (QED) is 0.142. The lowest BCUT2D eigenvalue weighted by molar-refractivity contribution is -0.384. The molecule has 4 aromatic rings. The number of ketones is 1. The lowest BCUT2D eigenvalue weighted by Gasteiger charge is -2.09. The molecule has 31 heavy (non-hydrogen) atoms. The number of benzene rings is 2. The molecule has 0 saturated heterocycles. The van der Waals surface area contributed by atoms with Crippen LogP contribution in [0.1, 0.15) is 15.9 Å². The molecule has 4 rings (SSSR count). The standard InChI is InChI=1S/C21H15BrN4O4S/c22-19-10-9-18(30-19)20-23-24-21(25(20)12-14-5-2-1-3-6-14)31-13-17(27)15-7-4-8-16(11-15)26(28)29/h1-11H,12-13H2. The van der Waals surface area contributed by atoms with E-state index in [1.807, 2.05) is 34.9 Å². The number of hydrogen-bond acceptors (Lipinski definition) is 7. The molecule has 2 heterocycles. The van der Waals surface area contributed by atoms with Crippen molar-refractivity contribution in [1.82, 2.24) is 14.8 Å². The summed E-state index contributed by atoms with van der Waals surface area (Å²) in [4.78, 5) is 23.1. The monoisotopic (exact) mass is 498 g/mol. The molecule has 0 fully saturated rings. The lowest BCUT2D eigenvalue weighted by atomic mass is 10.1. The Morgan fingerprint density at radius 1 is 1.10 bits per heavy atom. The van der Waals surface area contributed by atoms with Gasteiger partial charge in [-0.1, -0.05) is 54.2 Å². The van der Waals surface area contributed by atoms with Crippen molar-refractivity contribution < 1.29 is 14.1 Å². The molecule has 0 aliphatic carbocycles. The minimum absolute atomic E-state index is 0.0654. The van der Waals surface area contributed by atoms with E-state index in [9.17, 15) is 14.9 Å². The van der Waals surface area contributed by atoms with Crippen LogP contribution in [-0.2, 0) is 6.54 Å². The number of thioether (sulfide) groups is 1. The molecule has 0 bridgehead atoms. The van der Waals surface area contributed by atoms with Gasteiger partial charge in [-0.05, 0) is 33.6 Å². The van der Waals surface area contributed by atoms with Gasteiger partial charge in [0.05, 0.1) is 17.2 Å². The number of rotatable bonds is 8. The van der Waals surface area contributed by atoms with Crippen LogP contribution in [0.4, 0.5) is 5.69 Å². The summed E-state index contributed by atoms with van der Waals surface area (Å²) in [7, 11) is 0. The first-order valence-electron chi connectivity index (χ1n) is 9.14. The van der Waals surface area contributed by atoms with Crippen molar-refractivity contribution in [2.24, 2.45) is 0 Å². The number of Topliss-reactive ketones (excluding diaryl/α,β-unsaturated/α-hetero) is 1. The van der Waals surface area contributed by atoms with Crippen LogP contribution < -0.4 is 0 Å². The first kappa shape index (κ1) is 21.0. The van der Waals surface area contributed by atoms with Crippen molar-refractivity contribution in [2.75, 3.05) is 5.75 Å². The number of furan rings is 1. The molecular formula is C21H15BrN4O4S. The predicted molar refractivity (Wildman–Crippen MR) is 119 cm³/mol. The van der Waals surface area contributed by atoms with Gasteiger partial charge in [-0.2, -0.15) is 0 Å². The Morgan fingerprint density at radius 2 is 1.90 bits per heavy atom. The highest BCUT2D eigenvalue weighted by atomic mass is 79.9. The second kappa shape index (κ2) is 9.27. The largest absolute Gasteiger partial charge is 0.446 e. The zero-order valence-electron chi connectivity index (χ0n) is 16.0. The van der Waals surface area contributed by atoms with E-state index in [0.717, 1.165) is 5.56 Å². The Labute approximate surface area is 189 Å². The van der Waals surface area contributed by atoms with Gasteiger partial charge in [0.15, 0.2) is 21.4 Å². The molecule has 0 aliphatic heterocycles. The Balaban J connectivity index is 1.59. The summed E-state index contributed by atoms with van der Waals surface area (Å²) in [5.41, 5.74) is 1.21. The maximum Gasteiger partial charge on any atom is 0.270 e. The molecule has 0 unspecified atom stereocenters. The van der Waals surface area contributed by atoms with Gasteiger partial charge in [0.1, 0.15) is 0 Å². The summed E-state index contributed by atoms with van der Waals surface area (Å²) in [5.74, 6) is 0.924. The van der Waals surface area contributed by atoms with E-state index in [4.69, 9.17) is 4.42 Å². The Morgan fingerprint density at radius 3 is 2.61 bits per heavy atom. The fraction of sp³-hybridized carbons (Fsp3) is 0.0952. The third-order valence-corrected chi connectivity index (χ3v) is 5.80. The van der Waals surface area contributed by atoms with Gasteiger partial charge in [-0.3, -0.25) is 19.5 Å². The highest BCUT2D eigenvalue weighted by molar-refractivity contribution is 9.10. The SMILES string of the molecule is O=C(CSc1nnc(-c2ccc(Br)o2)n1Cc1ccccc1)c1cccc([N+](=O)[O-])c1. The summed E-state index contributed by atoms with van der Waals surface area (Å²) in [5, 5.41) is 20.0. The maximum atomic E-state index is 12.6. The van der Waals surface area contributed by atoms with Crippen molar-refractivity contribution in [3.8, 4) is 11.6 Å².